The van der Waals surface area contributed by atoms with E-state index in [1.807, 2.05) is 29.2 Å². The quantitative estimate of drug-likeness (QED) is 0.653. The zero-order valence-corrected chi connectivity index (χ0v) is 20.9. The van der Waals surface area contributed by atoms with Crippen LogP contribution in [0.25, 0.3) is 0 Å². The number of amides is 3. The summed E-state index contributed by atoms with van der Waals surface area (Å²) < 4.78 is 0. The summed E-state index contributed by atoms with van der Waals surface area (Å²) in [6, 6.07) is 7.35. The van der Waals surface area contributed by atoms with Crippen LogP contribution in [0.1, 0.15) is 68.8 Å². The molecule has 0 aliphatic carbocycles. The summed E-state index contributed by atoms with van der Waals surface area (Å²) in [6.45, 7) is 9.23. The highest BCUT2D eigenvalue weighted by atomic mass is 16.2. The first-order chi connectivity index (χ1) is 15.7. The van der Waals surface area contributed by atoms with Crippen LogP contribution in [0.4, 0.5) is 0 Å². The van der Waals surface area contributed by atoms with E-state index in [0.717, 1.165) is 38.0 Å². The predicted octanol–water partition coefficient (Wildman–Crippen LogP) is 2.90. The van der Waals surface area contributed by atoms with E-state index in [2.05, 4.69) is 31.0 Å². The van der Waals surface area contributed by atoms with Gasteiger partial charge in [0.1, 0.15) is 11.6 Å². The molecule has 2 heterocycles. The lowest BCUT2D eigenvalue weighted by atomic mass is 9.80. The fourth-order valence-corrected chi connectivity index (χ4v) is 4.99. The molecule has 0 bridgehead atoms. The largest absolute Gasteiger partial charge is 0.345 e. The fraction of sp³-hybridized carbons (Fsp3) is 0.654. The number of unbranched alkanes of at least 4 members (excludes halogenated alkanes) is 1. The minimum absolute atomic E-state index is 0.00242. The molecule has 3 amide bonds. The number of hydrogen-bond acceptors (Lipinski definition) is 4. The predicted molar refractivity (Wildman–Crippen MR) is 130 cm³/mol. The van der Waals surface area contributed by atoms with Gasteiger partial charge in [0.05, 0.1) is 0 Å². The van der Waals surface area contributed by atoms with Gasteiger partial charge in [0.25, 0.3) is 5.91 Å². The van der Waals surface area contributed by atoms with E-state index in [4.69, 9.17) is 0 Å². The highest BCUT2D eigenvalue weighted by Gasteiger charge is 2.53. The molecule has 3 rings (SSSR count). The molecule has 7 heteroatoms. The first-order valence-electron chi connectivity index (χ1n) is 12.3. The van der Waals surface area contributed by atoms with Gasteiger partial charge in [-0.05, 0) is 49.3 Å². The molecule has 2 aliphatic heterocycles. The third-order valence-corrected chi connectivity index (χ3v) is 6.95. The summed E-state index contributed by atoms with van der Waals surface area (Å²) in [6.07, 6.45) is 3.90. The molecule has 7 nitrogen and oxygen atoms in total. The maximum Gasteiger partial charge on any atom is 0.253 e. The van der Waals surface area contributed by atoms with Crippen molar-refractivity contribution in [3.63, 3.8) is 0 Å². The van der Waals surface area contributed by atoms with Crippen LogP contribution >= 0.6 is 0 Å². The van der Waals surface area contributed by atoms with Crippen LogP contribution in [0.5, 0.6) is 0 Å². The number of hydrogen-bond donors (Lipinski definition) is 1. The minimum Gasteiger partial charge on any atom is -0.345 e. The number of piperazine rings is 1. The summed E-state index contributed by atoms with van der Waals surface area (Å²) in [5.74, 6) is 0.460. The molecule has 1 aromatic carbocycles. The maximum atomic E-state index is 13.4. The van der Waals surface area contributed by atoms with Gasteiger partial charge in [0.15, 0.2) is 0 Å². The van der Waals surface area contributed by atoms with Crippen LogP contribution in [-0.4, -0.2) is 77.7 Å². The van der Waals surface area contributed by atoms with Crippen molar-refractivity contribution >= 4 is 17.7 Å². The number of piperidine rings is 1. The Balaban J connectivity index is 1.68. The van der Waals surface area contributed by atoms with Gasteiger partial charge in [-0.15, -0.1) is 0 Å². The Labute approximate surface area is 198 Å². The van der Waals surface area contributed by atoms with Crippen LogP contribution in [0, 0.1) is 5.92 Å². The van der Waals surface area contributed by atoms with E-state index in [-0.39, 0.29) is 17.7 Å². The summed E-state index contributed by atoms with van der Waals surface area (Å²) >= 11 is 0. The number of benzene rings is 1. The third-order valence-electron chi connectivity index (χ3n) is 6.95. The molecule has 1 unspecified atom stereocenters. The summed E-state index contributed by atoms with van der Waals surface area (Å²) in [7, 11) is 3.50. The van der Waals surface area contributed by atoms with Gasteiger partial charge in [-0.2, -0.15) is 0 Å². The van der Waals surface area contributed by atoms with E-state index in [9.17, 15) is 14.4 Å². The molecule has 1 atom stereocenters. The van der Waals surface area contributed by atoms with Gasteiger partial charge in [-0.3, -0.25) is 19.3 Å². The smallest absolute Gasteiger partial charge is 0.253 e. The Kier molecular flexibility index (Phi) is 8.16. The van der Waals surface area contributed by atoms with Gasteiger partial charge >= 0.3 is 0 Å². The molecule has 1 aromatic rings. The van der Waals surface area contributed by atoms with Crippen molar-refractivity contribution in [1.82, 2.24) is 20.0 Å². The lowest BCUT2D eigenvalue weighted by Gasteiger charge is -2.52. The first kappa shape index (κ1) is 25.2. The highest BCUT2D eigenvalue weighted by molar-refractivity contribution is 6.00. The molecule has 182 valence electrons. The van der Waals surface area contributed by atoms with Crippen LogP contribution in [0.15, 0.2) is 24.3 Å². The summed E-state index contributed by atoms with van der Waals surface area (Å²) in [5.41, 5.74) is 1.10. The highest BCUT2D eigenvalue weighted by Crippen LogP contribution is 2.34. The first-order valence-corrected chi connectivity index (χ1v) is 12.3. The second-order valence-corrected chi connectivity index (χ2v) is 10.2. The lowest BCUT2D eigenvalue weighted by molar-refractivity contribution is -0.161. The van der Waals surface area contributed by atoms with Crippen molar-refractivity contribution in [2.24, 2.45) is 5.92 Å². The van der Waals surface area contributed by atoms with Crippen LogP contribution < -0.4 is 5.32 Å². The Morgan fingerprint density at radius 1 is 1.15 bits per heavy atom. The van der Waals surface area contributed by atoms with E-state index < -0.39 is 11.6 Å². The Morgan fingerprint density at radius 2 is 1.79 bits per heavy atom. The van der Waals surface area contributed by atoms with Crippen molar-refractivity contribution in [2.75, 3.05) is 33.7 Å². The average Bonchev–Trinajstić information content (AvgIpc) is 2.78. The molecule has 2 aliphatic rings. The molecule has 1 spiro atoms. The molecule has 0 saturated carbocycles. The molecule has 2 fully saturated rings. The lowest BCUT2D eigenvalue weighted by Crippen LogP contribution is -2.73. The summed E-state index contributed by atoms with van der Waals surface area (Å²) in [5, 5.41) is 3.07. The number of likely N-dealkylation sites (tertiary alicyclic amines) is 1. The molecule has 33 heavy (non-hydrogen) atoms. The zero-order valence-electron chi connectivity index (χ0n) is 20.9. The van der Waals surface area contributed by atoms with Crippen LogP contribution in [0.2, 0.25) is 0 Å². The van der Waals surface area contributed by atoms with Gasteiger partial charge in [0, 0.05) is 45.8 Å². The van der Waals surface area contributed by atoms with Crippen LogP contribution in [0.3, 0.4) is 0 Å². The van der Waals surface area contributed by atoms with Gasteiger partial charge < -0.3 is 15.1 Å². The van der Waals surface area contributed by atoms with Crippen molar-refractivity contribution in [2.45, 2.75) is 71.0 Å². The molecule has 0 aromatic heterocycles. The molecule has 2 saturated heterocycles. The van der Waals surface area contributed by atoms with E-state index in [1.54, 1.807) is 19.0 Å². The Morgan fingerprint density at radius 3 is 2.33 bits per heavy atom. The van der Waals surface area contributed by atoms with E-state index in [0.29, 0.717) is 37.3 Å². The van der Waals surface area contributed by atoms with Gasteiger partial charge in [-0.25, -0.2) is 0 Å². The maximum absolute atomic E-state index is 13.4. The molecular weight excluding hydrogens is 416 g/mol. The SMILES string of the molecule is CCCCN1C(=O)C(CC(C)C)NC(=O)C12CCN(Cc1ccc(C(=O)N(C)C)cc1)CC2. The van der Waals surface area contributed by atoms with Crippen molar-refractivity contribution < 1.29 is 14.4 Å². The Hall–Kier alpha value is -2.41. The molecule has 0 radical (unpaired) electrons. The average molecular weight is 457 g/mol. The minimum atomic E-state index is -0.724. The Bertz CT molecular complexity index is 842. The monoisotopic (exact) mass is 456 g/mol. The normalized spacial score (nSPS) is 20.9. The van der Waals surface area contributed by atoms with Crippen molar-refractivity contribution in [3.05, 3.63) is 35.4 Å². The topological polar surface area (TPSA) is 73.0 Å². The number of nitrogens with zero attached hydrogens (tertiary/aromatic N) is 3. The standard InChI is InChI=1S/C26H40N4O3/c1-6-7-14-30-24(32)22(17-19(2)3)27-25(33)26(30)12-15-29(16-13-26)18-20-8-10-21(11-9-20)23(31)28(4)5/h8-11,19,22H,6-7,12-18H2,1-5H3,(H,27,33). The molecule has 1 N–H and O–H groups in total. The number of nitrogens with one attached hydrogen (secondary N) is 1. The number of carbonyl (C=O) groups is 3. The number of rotatable bonds is 8. The number of carbonyl (C=O) groups excluding carboxylic acids is 3. The van der Waals surface area contributed by atoms with E-state index >= 15 is 0 Å². The second-order valence-electron chi connectivity index (χ2n) is 10.2. The van der Waals surface area contributed by atoms with Gasteiger partial charge in [-0.1, -0.05) is 39.3 Å². The second kappa shape index (κ2) is 10.7. The van der Waals surface area contributed by atoms with Gasteiger partial charge in [0.2, 0.25) is 11.8 Å². The zero-order chi connectivity index (χ0) is 24.2. The third kappa shape index (κ3) is 5.57. The van der Waals surface area contributed by atoms with Crippen molar-refractivity contribution in [3.8, 4) is 0 Å². The summed E-state index contributed by atoms with van der Waals surface area (Å²) in [4.78, 5) is 44.6. The fourth-order valence-electron chi connectivity index (χ4n) is 4.99. The molecular formula is C26H40N4O3. The van der Waals surface area contributed by atoms with Crippen molar-refractivity contribution in [1.29, 1.82) is 0 Å². The van der Waals surface area contributed by atoms with E-state index in [1.165, 1.54) is 0 Å². The van der Waals surface area contributed by atoms with Crippen LogP contribution in [-0.2, 0) is 16.1 Å².